The predicted molar refractivity (Wildman–Crippen MR) is 85.6 cm³/mol. The van der Waals surface area contributed by atoms with Crippen LogP contribution < -0.4 is 10.1 Å². The van der Waals surface area contributed by atoms with Crippen molar-refractivity contribution in [2.45, 2.75) is 12.8 Å². The molecule has 1 aromatic rings. The zero-order valence-electron chi connectivity index (χ0n) is 12.7. The third kappa shape index (κ3) is 4.31. The Morgan fingerprint density at radius 3 is 2.91 bits per heavy atom. The average molecular weight is 303 g/mol. The van der Waals surface area contributed by atoms with E-state index in [1.165, 1.54) is 17.8 Å². The fourth-order valence-electron chi connectivity index (χ4n) is 2.85. The summed E-state index contributed by atoms with van der Waals surface area (Å²) in [6.07, 6.45) is 5.93. The molecule has 5 heteroatoms. The third-order valence-electron chi connectivity index (χ3n) is 4.15. The maximum atomic E-state index is 13.1. The quantitative estimate of drug-likeness (QED) is 0.908. The largest absolute Gasteiger partial charge is 0.493 e. The van der Waals surface area contributed by atoms with Gasteiger partial charge in [0.05, 0.1) is 18.9 Å². The first kappa shape index (κ1) is 15.0. The van der Waals surface area contributed by atoms with E-state index in [1.807, 2.05) is 12.4 Å². The molecule has 0 aliphatic carbocycles. The van der Waals surface area contributed by atoms with Crippen LogP contribution in [0.4, 0.5) is 4.39 Å². The minimum Gasteiger partial charge on any atom is -0.493 e. The monoisotopic (exact) mass is 303 g/mol. The molecule has 1 saturated heterocycles. The smallest absolute Gasteiger partial charge is 0.126 e. The highest BCUT2D eigenvalue weighted by Crippen LogP contribution is 2.20. The van der Waals surface area contributed by atoms with Crippen molar-refractivity contribution < 1.29 is 9.13 Å². The number of rotatable bonds is 5. The predicted octanol–water partition coefficient (Wildman–Crippen LogP) is 2.43. The Kier molecular flexibility index (Phi) is 5.06. The van der Waals surface area contributed by atoms with Crippen molar-refractivity contribution in [2.75, 3.05) is 32.8 Å². The Morgan fingerprint density at radius 1 is 1.32 bits per heavy atom. The zero-order valence-corrected chi connectivity index (χ0v) is 12.7. The molecule has 118 valence electrons. The van der Waals surface area contributed by atoms with Gasteiger partial charge >= 0.3 is 0 Å². The summed E-state index contributed by atoms with van der Waals surface area (Å²) in [5.41, 5.74) is 1.19. The Balaban J connectivity index is 1.40. The van der Waals surface area contributed by atoms with Gasteiger partial charge in [-0.2, -0.15) is 0 Å². The highest BCUT2D eigenvalue weighted by atomic mass is 19.1. The molecular weight excluding hydrogens is 281 g/mol. The summed E-state index contributed by atoms with van der Waals surface area (Å²) in [5, 5.41) is 3.19. The lowest BCUT2D eigenvalue weighted by Crippen LogP contribution is -2.41. The molecule has 2 aliphatic heterocycles. The van der Waals surface area contributed by atoms with Crippen molar-refractivity contribution in [1.29, 1.82) is 0 Å². The number of hydrogen-bond acceptors (Lipinski definition) is 4. The third-order valence-corrected chi connectivity index (χ3v) is 4.15. The molecule has 0 amide bonds. The molecule has 0 spiro atoms. The maximum Gasteiger partial charge on any atom is 0.126 e. The van der Waals surface area contributed by atoms with Crippen molar-refractivity contribution in [3.63, 3.8) is 0 Å². The SMILES string of the molecule is Fc1cccc(OCC2CCN(CC3=NC=CNC3)CC2)c1. The van der Waals surface area contributed by atoms with E-state index in [0.717, 1.165) is 39.0 Å². The second-order valence-corrected chi connectivity index (χ2v) is 5.88. The van der Waals surface area contributed by atoms with Gasteiger partial charge < -0.3 is 10.1 Å². The van der Waals surface area contributed by atoms with Gasteiger partial charge in [-0.3, -0.25) is 9.89 Å². The molecular formula is C17H22FN3O. The van der Waals surface area contributed by atoms with Crippen molar-refractivity contribution in [2.24, 2.45) is 10.9 Å². The van der Waals surface area contributed by atoms with E-state index < -0.39 is 0 Å². The van der Waals surface area contributed by atoms with E-state index in [0.29, 0.717) is 18.3 Å². The number of aliphatic imine (C=N–C) groups is 1. The fraction of sp³-hybridized carbons (Fsp3) is 0.471. The van der Waals surface area contributed by atoms with Gasteiger partial charge in [0.25, 0.3) is 0 Å². The number of piperidine rings is 1. The fourth-order valence-corrected chi connectivity index (χ4v) is 2.85. The molecule has 4 nitrogen and oxygen atoms in total. The lowest BCUT2D eigenvalue weighted by molar-refractivity contribution is 0.152. The van der Waals surface area contributed by atoms with Crippen LogP contribution in [0.3, 0.4) is 0 Å². The average Bonchev–Trinajstić information content (AvgIpc) is 2.55. The summed E-state index contributed by atoms with van der Waals surface area (Å²) in [4.78, 5) is 6.84. The molecule has 0 saturated carbocycles. The minimum atomic E-state index is -0.247. The van der Waals surface area contributed by atoms with Crippen LogP contribution in [-0.4, -0.2) is 43.4 Å². The number of ether oxygens (including phenoxy) is 1. The summed E-state index contributed by atoms with van der Waals surface area (Å²) in [6, 6.07) is 6.36. The number of halogens is 1. The van der Waals surface area contributed by atoms with Crippen LogP contribution in [0.25, 0.3) is 0 Å². The van der Waals surface area contributed by atoms with Gasteiger partial charge in [0.15, 0.2) is 0 Å². The van der Waals surface area contributed by atoms with E-state index in [4.69, 9.17) is 4.74 Å². The van der Waals surface area contributed by atoms with E-state index in [1.54, 1.807) is 12.1 Å². The summed E-state index contributed by atoms with van der Waals surface area (Å²) < 4.78 is 18.8. The molecule has 3 rings (SSSR count). The number of nitrogens with zero attached hydrogens (tertiary/aromatic N) is 2. The number of likely N-dealkylation sites (tertiary alicyclic amines) is 1. The van der Waals surface area contributed by atoms with Crippen LogP contribution >= 0.6 is 0 Å². The molecule has 2 heterocycles. The number of nitrogens with one attached hydrogen (secondary N) is 1. The van der Waals surface area contributed by atoms with Crippen molar-refractivity contribution >= 4 is 5.71 Å². The van der Waals surface area contributed by atoms with Gasteiger partial charge in [0.2, 0.25) is 0 Å². The summed E-state index contributed by atoms with van der Waals surface area (Å²) in [7, 11) is 0. The van der Waals surface area contributed by atoms with E-state index in [2.05, 4.69) is 15.2 Å². The number of hydrogen-bond donors (Lipinski definition) is 1. The van der Waals surface area contributed by atoms with Crippen molar-refractivity contribution in [3.8, 4) is 5.75 Å². The molecule has 0 bridgehead atoms. The lowest BCUT2D eigenvalue weighted by atomic mass is 9.97. The van der Waals surface area contributed by atoms with E-state index >= 15 is 0 Å². The van der Waals surface area contributed by atoms with E-state index in [9.17, 15) is 4.39 Å². The second-order valence-electron chi connectivity index (χ2n) is 5.88. The van der Waals surface area contributed by atoms with E-state index in [-0.39, 0.29) is 5.82 Å². The van der Waals surface area contributed by atoms with Gasteiger partial charge in [-0.1, -0.05) is 6.07 Å². The highest BCUT2D eigenvalue weighted by Gasteiger charge is 2.20. The maximum absolute atomic E-state index is 13.1. The first-order valence-corrected chi connectivity index (χ1v) is 7.84. The Labute approximate surface area is 130 Å². The van der Waals surface area contributed by atoms with Gasteiger partial charge in [-0.25, -0.2) is 4.39 Å². The Bertz CT molecular complexity index is 551. The lowest BCUT2D eigenvalue weighted by Gasteiger charge is -2.32. The zero-order chi connectivity index (χ0) is 15.2. The van der Waals surface area contributed by atoms with Crippen LogP contribution in [0.2, 0.25) is 0 Å². The minimum absolute atomic E-state index is 0.247. The topological polar surface area (TPSA) is 36.9 Å². The summed E-state index contributed by atoms with van der Waals surface area (Å²) >= 11 is 0. The van der Waals surface area contributed by atoms with Crippen LogP contribution in [0.15, 0.2) is 41.7 Å². The Morgan fingerprint density at radius 2 is 2.18 bits per heavy atom. The van der Waals surface area contributed by atoms with Crippen molar-refractivity contribution in [3.05, 3.63) is 42.5 Å². The summed E-state index contributed by atoms with van der Waals surface area (Å²) in [6.45, 7) is 4.59. The summed E-state index contributed by atoms with van der Waals surface area (Å²) in [5.74, 6) is 0.922. The molecule has 0 unspecified atom stereocenters. The normalized spacial score (nSPS) is 19.6. The van der Waals surface area contributed by atoms with Crippen molar-refractivity contribution in [1.82, 2.24) is 10.2 Å². The molecule has 0 aromatic heterocycles. The first-order valence-electron chi connectivity index (χ1n) is 7.84. The Hall–Kier alpha value is -1.88. The van der Waals surface area contributed by atoms with Gasteiger partial charge in [-0.15, -0.1) is 0 Å². The van der Waals surface area contributed by atoms with Gasteiger partial charge in [0.1, 0.15) is 11.6 Å². The second kappa shape index (κ2) is 7.40. The van der Waals surface area contributed by atoms with Crippen LogP contribution in [0, 0.1) is 11.7 Å². The molecule has 2 aliphatic rings. The molecule has 22 heavy (non-hydrogen) atoms. The van der Waals surface area contributed by atoms with Crippen LogP contribution in [0.5, 0.6) is 5.75 Å². The van der Waals surface area contributed by atoms with Gasteiger partial charge in [0, 0.05) is 25.0 Å². The molecule has 0 radical (unpaired) electrons. The standard InChI is InChI=1S/C17H22FN3O/c18-15-2-1-3-17(10-15)22-13-14-4-8-21(9-5-14)12-16-11-19-6-7-20-16/h1-3,6-7,10,14,19H,4-5,8-9,11-13H2. The molecule has 1 fully saturated rings. The highest BCUT2D eigenvalue weighted by molar-refractivity contribution is 5.89. The van der Waals surface area contributed by atoms with Crippen LogP contribution in [0.1, 0.15) is 12.8 Å². The molecule has 1 aromatic carbocycles. The molecule has 0 atom stereocenters. The molecule has 1 N–H and O–H groups in total. The van der Waals surface area contributed by atoms with Gasteiger partial charge in [-0.05, 0) is 44.0 Å². The first-order chi connectivity index (χ1) is 10.8. The number of benzene rings is 1. The van der Waals surface area contributed by atoms with Crippen LogP contribution in [-0.2, 0) is 0 Å².